The van der Waals surface area contributed by atoms with Crippen molar-refractivity contribution >= 4 is 33.9 Å². The second kappa shape index (κ2) is 9.43. The van der Waals surface area contributed by atoms with Gasteiger partial charge in [0, 0.05) is 46.4 Å². The number of hydrazone groups is 1. The number of carbonyl (C=O) groups is 1. The maximum absolute atomic E-state index is 12.5. The highest BCUT2D eigenvalue weighted by atomic mass is 16.5. The van der Waals surface area contributed by atoms with Gasteiger partial charge in [-0.1, -0.05) is 36.4 Å². The number of ether oxygens (including phenoxy) is 3. The second-order valence-corrected chi connectivity index (χ2v) is 7.18. The van der Waals surface area contributed by atoms with Gasteiger partial charge >= 0.3 is 0 Å². The SMILES string of the molecule is COc1cc(OC)c(OC)cc1/C=N/NC(=O)CCn1c2ccccc2c2ccccc21. The van der Waals surface area contributed by atoms with E-state index in [0.29, 0.717) is 35.8 Å². The van der Waals surface area contributed by atoms with Crippen LogP contribution in [0.3, 0.4) is 0 Å². The highest BCUT2D eigenvalue weighted by Crippen LogP contribution is 2.33. The number of nitrogens with zero attached hydrogens (tertiary/aromatic N) is 2. The van der Waals surface area contributed by atoms with Gasteiger partial charge < -0.3 is 18.8 Å². The first-order chi connectivity index (χ1) is 15.7. The fourth-order valence-corrected chi connectivity index (χ4v) is 3.84. The molecule has 1 aromatic heterocycles. The molecule has 0 aliphatic rings. The van der Waals surface area contributed by atoms with Gasteiger partial charge in [0.15, 0.2) is 11.5 Å². The quantitative estimate of drug-likeness (QED) is 0.332. The number of benzene rings is 3. The number of aromatic nitrogens is 1. The Bertz CT molecular complexity index is 1240. The third kappa shape index (κ3) is 4.09. The van der Waals surface area contributed by atoms with Crippen LogP contribution in [0.1, 0.15) is 12.0 Å². The fourth-order valence-electron chi connectivity index (χ4n) is 3.84. The lowest BCUT2D eigenvalue weighted by Gasteiger charge is -2.11. The zero-order valence-electron chi connectivity index (χ0n) is 18.3. The molecule has 4 rings (SSSR count). The molecule has 164 valence electrons. The van der Waals surface area contributed by atoms with Gasteiger partial charge in [-0.15, -0.1) is 0 Å². The lowest BCUT2D eigenvalue weighted by atomic mass is 10.2. The Hall–Kier alpha value is -4.00. The van der Waals surface area contributed by atoms with Gasteiger partial charge in [0.25, 0.3) is 0 Å². The van der Waals surface area contributed by atoms with Gasteiger partial charge in [-0.2, -0.15) is 5.10 Å². The first-order valence-corrected chi connectivity index (χ1v) is 10.2. The number of amides is 1. The zero-order chi connectivity index (χ0) is 22.5. The van der Waals surface area contributed by atoms with Gasteiger partial charge in [-0.25, -0.2) is 5.43 Å². The minimum absolute atomic E-state index is 0.178. The van der Waals surface area contributed by atoms with Crippen LogP contribution in [0.2, 0.25) is 0 Å². The topological polar surface area (TPSA) is 74.1 Å². The van der Waals surface area contributed by atoms with Crippen LogP contribution in [-0.4, -0.2) is 38.0 Å². The number of methoxy groups -OCH3 is 3. The molecule has 0 saturated heterocycles. The van der Waals surface area contributed by atoms with E-state index in [4.69, 9.17) is 14.2 Å². The number of hydrogen-bond acceptors (Lipinski definition) is 5. The predicted molar refractivity (Wildman–Crippen MR) is 126 cm³/mol. The summed E-state index contributed by atoms with van der Waals surface area (Å²) < 4.78 is 18.2. The van der Waals surface area contributed by atoms with E-state index in [2.05, 4.69) is 39.4 Å². The van der Waals surface area contributed by atoms with E-state index in [9.17, 15) is 4.79 Å². The van der Waals surface area contributed by atoms with Crippen molar-refractivity contribution in [2.45, 2.75) is 13.0 Å². The normalized spacial score (nSPS) is 11.2. The molecule has 0 spiro atoms. The standard InChI is InChI=1S/C25H25N3O4/c1-30-22-15-24(32-3)23(31-2)14-17(22)16-26-27-25(29)12-13-28-20-10-6-4-8-18(20)19-9-5-7-11-21(19)28/h4-11,14-16H,12-13H2,1-3H3,(H,27,29)/b26-16+. The summed E-state index contributed by atoms with van der Waals surface area (Å²) in [5, 5.41) is 6.46. The van der Waals surface area contributed by atoms with E-state index >= 15 is 0 Å². The Morgan fingerprint density at radius 2 is 1.44 bits per heavy atom. The highest BCUT2D eigenvalue weighted by molar-refractivity contribution is 6.08. The third-order valence-corrected chi connectivity index (χ3v) is 5.37. The van der Waals surface area contributed by atoms with E-state index in [1.54, 1.807) is 33.5 Å². The Morgan fingerprint density at radius 1 is 0.875 bits per heavy atom. The molecule has 0 saturated carbocycles. The molecule has 3 aromatic carbocycles. The number of para-hydroxylation sites is 2. The average Bonchev–Trinajstić information content (AvgIpc) is 3.16. The molecule has 1 heterocycles. The first-order valence-electron chi connectivity index (χ1n) is 10.2. The Kier molecular flexibility index (Phi) is 6.26. The van der Waals surface area contributed by atoms with Crippen LogP contribution in [0.25, 0.3) is 21.8 Å². The molecular formula is C25H25N3O4. The number of fused-ring (bicyclic) bond motifs is 3. The molecule has 0 atom stereocenters. The van der Waals surface area contributed by atoms with Gasteiger partial charge in [-0.05, 0) is 18.2 Å². The molecule has 1 amide bonds. The maximum atomic E-state index is 12.5. The summed E-state index contributed by atoms with van der Waals surface area (Å²) in [6, 6.07) is 19.9. The summed E-state index contributed by atoms with van der Waals surface area (Å²) in [5.74, 6) is 1.48. The van der Waals surface area contributed by atoms with Crippen molar-refractivity contribution in [3.8, 4) is 17.2 Å². The highest BCUT2D eigenvalue weighted by Gasteiger charge is 2.12. The molecule has 32 heavy (non-hydrogen) atoms. The van der Waals surface area contributed by atoms with Crippen LogP contribution in [0.15, 0.2) is 65.8 Å². The van der Waals surface area contributed by atoms with Crippen molar-refractivity contribution in [2.24, 2.45) is 5.10 Å². The first kappa shape index (κ1) is 21.2. The molecule has 0 bridgehead atoms. The second-order valence-electron chi connectivity index (χ2n) is 7.18. The summed E-state index contributed by atoms with van der Waals surface area (Å²) >= 11 is 0. The van der Waals surface area contributed by atoms with E-state index in [0.717, 1.165) is 11.0 Å². The van der Waals surface area contributed by atoms with Crippen molar-refractivity contribution in [2.75, 3.05) is 21.3 Å². The number of carbonyl (C=O) groups excluding carboxylic acids is 1. The number of rotatable bonds is 8. The minimum atomic E-state index is -0.178. The summed E-state index contributed by atoms with van der Waals surface area (Å²) in [4.78, 5) is 12.5. The third-order valence-electron chi connectivity index (χ3n) is 5.37. The summed E-state index contributed by atoms with van der Waals surface area (Å²) in [6.45, 7) is 0.551. The Morgan fingerprint density at radius 3 is 2.03 bits per heavy atom. The Balaban J connectivity index is 1.47. The van der Waals surface area contributed by atoms with Gasteiger partial charge in [-0.3, -0.25) is 4.79 Å². The molecule has 4 aromatic rings. The van der Waals surface area contributed by atoms with Crippen LogP contribution in [0.5, 0.6) is 17.2 Å². The van der Waals surface area contributed by atoms with Crippen LogP contribution < -0.4 is 19.6 Å². The van der Waals surface area contributed by atoms with Crippen LogP contribution in [0, 0.1) is 0 Å². The number of aryl methyl sites for hydroxylation is 1. The van der Waals surface area contributed by atoms with E-state index in [1.165, 1.54) is 17.0 Å². The van der Waals surface area contributed by atoms with E-state index < -0.39 is 0 Å². The van der Waals surface area contributed by atoms with Gasteiger partial charge in [0.2, 0.25) is 5.91 Å². The molecule has 0 aliphatic carbocycles. The molecular weight excluding hydrogens is 406 g/mol. The summed E-state index contributed by atoms with van der Waals surface area (Å²) in [7, 11) is 4.67. The molecule has 0 aliphatic heterocycles. The maximum Gasteiger partial charge on any atom is 0.241 e. The van der Waals surface area contributed by atoms with Gasteiger partial charge in [0.05, 0.1) is 27.5 Å². The molecule has 0 radical (unpaired) electrons. The minimum Gasteiger partial charge on any atom is -0.496 e. The van der Waals surface area contributed by atoms with Crippen molar-refractivity contribution in [3.63, 3.8) is 0 Å². The zero-order valence-corrected chi connectivity index (χ0v) is 18.3. The van der Waals surface area contributed by atoms with E-state index in [-0.39, 0.29) is 5.91 Å². The fraction of sp³-hybridized carbons (Fsp3) is 0.200. The van der Waals surface area contributed by atoms with Crippen molar-refractivity contribution < 1.29 is 19.0 Å². The van der Waals surface area contributed by atoms with Crippen LogP contribution in [-0.2, 0) is 11.3 Å². The van der Waals surface area contributed by atoms with Crippen LogP contribution >= 0.6 is 0 Å². The van der Waals surface area contributed by atoms with Crippen molar-refractivity contribution in [3.05, 3.63) is 66.2 Å². The van der Waals surface area contributed by atoms with Crippen molar-refractivity contribution in [1.29, 1.82) is 0 Å². The average molecular weight is 431 g/mol. The molecule has 7 nitrogen and oxygen atoms in total. The smallest absolute Gasteiger partial charge is 0.241 e. The number of nitrogens with one attached hydrogen (secondary N) is 1. The summed E-state index contributed by atoms with van der Waals surface area (Å²) in [5.41, 5.74) is 5.48. The Labute approximate surface area is 186 Å². The van der Waals surface area contributed by atoms with Gasteiger partial charge in [0.1, 0.15) is 5.75 Å². The van der Waals surface area contributed by atoms with Crippen LogP contribution in [0.4, 0.5) is 0 Å². The molecule has 0 unspecified atom stereocenters. The number of hydrogen-bond donors (Lipinski definition) is 1. The molecule has 7 heteroatoms. The monoisotopic (exact) mass is 431 g/mol. The summed E-state index contributed by atoms with van der Waals surface area (Å²) in [6.07, 6.45) is 1.82. The van der Waals surface area contributed by atoms with E-state index in [1.807, 2.05) is 24.3 Å². The molecule has 0 fully saturated rings. The lowest BCUT2D eigenvalue weighted by Crippen LogP contribution is -2.19. The lowest BCUT2D eigenvalue weighted by molar-refractivity contribution is -0.121. The molecule has 1 N–H and O–H groups in total. The largest absolute Gasteiger partial charge is 0.496 e. The van der Waals surface area contributed by atoms with Crippen molar-refractivity contribution in [1.82, 2.24) is 9.99 Å². The predicted octanol–water partition coefficient (Wildman–Crippen LogP) is 4.36.